The van der Waals surface area contributed by atoms with Crippen molar-refractivity contribution in [3.63, 3.8) is 0 Å². The highest BCUT2D eigenvalue weighted by molar-refractivity contribution is 7.88. The monoisotopic (exact) mass is 453 g/mol. The SMILES string of the molecule is C[C@@H]1N=C(c2ccc(F)cc2)c2ccc(CS(=O)(=O)N(C)C)cc2-c2cn(C)c(=O)cc21. The maximum Gasteiger partial charge on any atom is 0.250 e. The molecule has 1 atom stereocenters. The van der Waals surface area contributed by atoms with Gasteiger partial charge < -0.3 is 4.57 Å². The van der Waals surface area contributed by atoms with Crippen LogP contribution in [0, 0.1) is 5.82 Å². The van der Waals surface area contributed by atoms with Crippen molar-refractivity contribution in [1.82, 2.24) is 8.87 Å². The Kier molecular flexibility index (Phi) is 5.60. The van der Waals surface area contributed by atoms with Gasteiger partial charge in [0.2, 0.25) is 10.0 Å². The van der Waals surface area contributed by atoms with Crippen molar-refractivity contribution in [2.75, 3.05) is 14.1 Å². The first-order valence-electron chi connectivity index (χ1n) is 10.1. The molecule has 6 nitrogen and oxygen atoms in total. The summed E-state index contributed by atoms with van der Waals surface area (Å²) >= 11 is 0. The number of aryl methyl sites for hydroxylation is 1. The lowest BCUT2D eigenvalue weighted by Crippen LogP contribution is -2.23. The van der Waals surface area contributed by atoms with Crippen LogP contribution in [0.3, 0.4) is 0 Å². The van der Waals surface area contributed by atoms with Crippen LogP contribution in [0.15, 0.2) is 64.5 Å². The second kappa shape index (κ2) is 8.11. The molecule has 0 N–H and O–H groups in total. The Balaban J connectivity index is 1.98. The van der Waals surface area contributed by atoms with E-state index in [4.69, 9.17) is 4.99 Å². The lowest BCUT2D eigenvalue weighted by Gasteiger charge is -2.16. The van der Waals surface area contributed by atoms with Crippen LogP contribution in [0.25, 0.3) is 11.1 Å². The maximum absolute atomic E-state index is 13.5. The number of pyridine rings is 1. The molecule has 4 rings (SSSR count). The zero-order chi connectivity index (χ0) is 23.2. The normalized spacial score (nSPS) is 15.7. The van der Waals surface area contributed by atoms with Crippen LogP contribution >= 0.6 is 0 Å². The molecular formula is C24H24FN3O3S. The number of rotatable bonds is 4. The van der Waals surface area contributed by atoms with Gasteiger partial charge in [-0.25, -0.2) is 17.1 Å². The fourth-order valence-corrected chi connectivity index (χ4v) is 4.69. The molecule has 3 aromatic rings. The predicted molar refractivity (Wildman–Crippen MR) is 124 cm³/mol. The fourth-order valence-electron chi connectivity index (χ4n) is 3.84. The second-order valence-electron chi connectivity index (χ2n) is 8.17. The van der Waals surface area contributed by atoms with Crippen LogP contribution in [0.2, 0.25) is 0 Å². The summed E-state index contributed by atoms with van der Waals surface area (Å²) in [5, 5.41) is 0. The molecule has 0 spiro atoms. The van der Waals surface area contributed by atoms with Crippen LogP contribution < -0.4 is 5.56 Å². The zero-order valence-electron chi connectivity index (χ0n) is 18.3. The Hall–Kier alpha value is -3.10. The lowest BCUT2D eigenvalue weighted by atomic mass is 9.91. The summed E-state index contributed by atoms with van der Waals surface area (Å²) in [7, 11) is 1.24. The van der Waals surface area contributed by atoms with Crippen LogP contribution in [-0.2, 0) is 22.8 Å². The molecule has 0 unspecified atom stereocenters. The summed E-state index contributed by atoms with van der Waals surface area (Å²) in [5.41, 5.74) is 5.06. The number of hydrogen-bond acceptors (Lipinski definition) is 4. The van der Waals surface area contributed by atoms with Crippen LogP contribution in [0.5, 0.6) is 0 Å². The average molecular weight is 454 g/mol. The van der Waals surface area contributed by atoms with Crippen molar-refractivity contribution in [1.29, 1.82) is 0 Å². The Morgan fingerprint density at radius 1 is 1.03 bits per heavy atom. The average Bonchev–Trinajstić information content (AvgIpc) is 2.84. The number of nitrogens with zero attached hydrogens (tertiary/aromatic N) is 3. The Morgan fingerprint density at radius 3 is 2.38 bits per heavy atom. The highest BCUT2D eigenvalue weighted by Crippen LogP contribution is 2.37. The lowest BCUT2D eigenvalue weighted by molar-refractivity contribution is 0.520. The third kappa shape index (κ3) is 4.03. The standard InChI is InChI=1S/C24H24FN3O3S/c1-15-20-12-23(29)28(4)13-22(20)21-11-16(14-32(30,31)27(2)3)5-10-19(21)24(26-15)17-6-8-18(25)9-7-17/h5-13,15H,14H2,1-4H3/t15-/m0/s1. The first-order chi connectivity index (χ1) is 15.1. The number of hydrogen-bond donors (Lipinski definition) is 0. The molecule has 8 heteroatoms. The highest BCUT2D eigenvalue weighted by atomic mass is 32.2. The molecule has 0 saturated heterocycles. The van der Waals surface area contributed by atoms with Crippen molar-refractivity contribution in [2.45, 2.75) is 18.7 Å². The molecule has 32 heavy (non-hydrogen) atoms. The summed E-state index contributed by atoms with van der Waals surface area (Å²) in [6, 6.07) is 12.8. The largest absolute Gasteiger partial charge is 0.318 e. The van der Waals surface area contributed by atoms with Gasteiger partial charge in [0.15, 0.2) is 0 Å². The molecule has 0 fully saturated rings. The molecule has 0 amide bonds. The maximum atomic E-state index is 13.5. The Labute approximate surface area is 186 Å². The predicted octanol–water partition coefficient (Wildman–Crippen LogP) is 3.49. The summed E-state index contributed by atoms with van der Waals surface area (Å²) in [4.78, 5) is 17.2. The van der Waals surface area contributed by atoms with Gasteiger partial charge >= 0.3 is 0 Å². The number of aromatic nitrogens is 1. The van der Waals surface area contributed by atoms with Crippen molar-refractivity contribution < 1.29 is 12.8 Å². The number of halogens is 1. The van der Waals surface area contributed by atoms with E-state index in [1.807, 2.05) is 19.1 Å². The molecule has 2 aromatic carbocycles. The topological polar surface area (TPSA) is 71.7 Å². The molecule has 1 aliphatic heterocycles. The van der Waals surface area contributed by atoms with Gasteiger partial charge in [0, 0.05) is 50.1 Å². The Morgan fingerprint density at radius 2 is 1.72 bits per heavy atom. The van der Waals surface area contributed by atoms with Gasteiger partial charge in [0.05, 0.1) is 17.5 Å². The molecule has 0 bridgehead atoms. The van der Waals surface area contributed by atoms with Crippen molar-refractivity contribution >= 4 is 15.7 Å². The van der Waals surface area contributed by atoms with E-state index in [1.165, 1.54) is 35.1 Å². The molecular weight excluding hydrogens is 429 g/mol. The first kappa shape index (κ1) is 22.1. The molecule has 0 radical (unpaired) electrons. The molecule has 1 aromatic heterocycles. The fraction of sp³-hybridized carbons (Fsp3) is 0.250. The number of sulfonamides is 1. The molecule has 0 aliphatic carbocycles. The summed E-state index contributed by atoms with van der Waals surface area (Å²) in [6.07, 6.45) is 1.76. The minimum absolute atomic E-state index is 0.146. The highest BCUT2D eigenvalue weighted by Gasteiger charge is 2.25. The van der Waals surface area contributed by atoms with Crippen LogP contribution in [0.4, 0.5) is 4.39 Å². The quantitative estimate of drug-likeness (QED) is 0.607. The second-order valence-corrected chi connectivity index (χ2v) is 10.4. The van der Waals surface area contributed by atoms with E-state index in [-0.39, 0.29) is 23.2 Å². The van der Waals surface area contributed by atoms with Gasteiger partial charge in [-0.05, 0) is 53.9 Å². The van der Waals surface area contributed by atoms with Gasteiger partial charge in [0.1, 0.15) is 5.82 Å². The Bertz CT molecular complexity index is 1390. The van der Waals surface area contributed by atoms with E-state index in [1.54, 1.807) is 37.5 Å². The first-order valence-corrected chi connectivity index (χ1v) is 11.8. The van der Waals surface area contributed by atoms with Crippen LogP contribution in [-0.4, -0.2) is 37.1 Å². The van der Waals surface area contributed by atoms with Gasteiger partial charge in [-0.3, -0.25) is 9.79 Å². The number of benzene rings is 2. The minimum atomic E-state index is -3.45. The third-order valence-electron chi connectivity index (χ3n) is 5.69. The third-order valence-corrected chi connectivity index (χ3v) is 7.50. The van der Waals surface area contributed by atoms with E-state index in [9.17, 15) is 17.6 Å². The van der Waals surface area contributed by atoms with Gasteiger partial charge in [0.25, 0.3) is 5.56 Å². The van der Waals surface area contributed by atoms with E-state index >= 15 is 0 Å². The summed E-state index contributed by atoms with van der Waals surface area (Å²) < 4.78 is 41.2. The number of aliphatic imine (C=N–C) groups is 1. The molecule has 2 heterocycles. The van der Waals surface area contributed by atoms with Gasteiger partial charge in [-0.1, -0.05) is 12.1 Å². The summed E-state index contributed by atoms with van der Waals surface area (Å²) in [6.45, 7) is 1.91. The molecule has 166 valence electrons. The van der Waals surface area contributed by atoms with Gasteiger partial charge in [-0.15, -0.1) is 0 Å². The van der Waals surface area contributed by atoms with E-state index in [2.05, 4.69) is 0 Å². The van der Waals surface area contributed by atoms with Crippen LogP contribution in [0.1, 0.15) is 35.2 Å². The molecule has 0 saturated carbocycles. The minimum Gasteiger partial charge on any atom is -0.318 e. The van der Waals surface area contributed by atoms with E-state index in [0.29, 0.717) is 11.3 Å². The number of fused-ring (bicyclic) bond motifs is 3. The van der Waals surface area contributed by atoms with Crippen molar-refractivity contribution in [3.8, 4) is 11.1 Å². The van der Waals surface area contributed by atoms with Crippen molar-refractivity contribution in [2.24, 2.45) is 12.0 Å². The van der Waals surface area contributed by atoms with E-state index < -0.39 is 10.0 Å². The summed E-state index contributed by atoms with van der Waals surface area (Å²) in [5.74, 6) is -0.487. The van der Waals surface area contributed by atoms with Gasteiger partial charge in [-0.2, -0.15) is 0 Å². The molecule has 1 aliphatic rings. The zero-order valence-corrected chi connectivity index (χ0v) is 19.1. The van der Waals surface area contributed by atoms with E-state index in [0.717, 1.165) is 27.8 Å². The van der Waals surface area contributed by atoms with Crippen molar-refractivity contribution in [3.05, 3.63) is 93.2 Å². The smallest absolute Gasteiger partial charge is 0.250 e.